The zero-order valence-corrected chi connectivity index (χ0v) is 12.3. The lowest BCUT2D eigenvalue weighted by Crippen LogP contribution is -2.37. The Morgan fingerprint density at radius 1 is 1.42 bits per heavy atom. The monoisotopic (exact) mass is 278 g/mol. The zero-order valence-electron chi connectivity index (χ0n) is 11.5. The summed E-state index contributed by atoms with van der Waals surface area (Å²) < 4.78 is 5.86. The second-order valence-electron chi connectivity index (χ2n) is 5.13. The normalized spacial score (nSPS) is 20.2. The fraction of sp³-hybridized carbons (Fsp3) is 0.533. The maximum atomic E-state index is 5.86. The number of nitrogens with two attached hydrogens (primary N) is 1. The summed E-state index contributed by atoms with van der Waals surface area (Å²) >= 11 is 5.03. The molecule has 1 saturated heterocycles. The van der Waals surface area contributed by atoms with Crippen LogP contribution in [0.15, 0.2) is 24.3 Å². The van der Waals surface area contributed by atoms with Gasteiger partial charge in [-0.15, -0.1) is 0 Å². The minimum absolute atomic E-state index is 0.394. The smallest absolute Gasteiger partial charge is 0.129 e. The summed E-state index contributed by atoms with van der Waals surface area (Å²) in [5, 5.41) is 0. The van der Waals surface area contributed by atoms with Crippen LogP contribution < -0.4 is 10.5 Å². The van der Waals surface area contributed by atoms with Crippen molar-refractivity contribution in [1.82, 2.24) is 4.90 Å². The van der Waals surface area contributed by atoms with Gasteiger partial charge in [-0.3, -0.25) is 0 Å². The predicted molar refractivity (Wildman–Crippen MR) is 82.7 cm³/mol. The van der Waals surface area contributed by atoms with E-state index >= 15 is 0 Å². The quantitative estimate of drug-likeness (QED) is 0.840. The Morgan fingerprint density at radius 3 is 2.95 bits per heavy atom. The average molecular weight is 278 g/mol. The molecule has 0 amide bonds. The number of para-hydroxylation sites is 1. The van der Waals surface area contributed by atoms with E-state index in [0.717, 1.165) is 17.7 Å². The Labute approximate surface area is 120 Å². The highest BCUT2D eigenvalue weighted by Crippen LogP contribution is 2.21. The lowest BCUT2D eigenvalue weighted by atomic mass is 10.0. The Kier molecular flexibility index (Phi) is 5.16. The first kappa shape index (κ1) is 14.3. The second kappa shape index (κ2) is 6.87. The van der Waals surface area contributed by atoms with E-state index in [1.165, 1.54) is 25.8 Å². The van der Waals surface area contributed by atoms with Crippen molar-refractivity contribution in [3.05, 3.63) is 29.8 Å². The van der Waals surface area contributed by atoms with E-state index in [4.69, 9.17) is 22.7 Å². The van der Waals surface area contributed by atoms with Gasteiger partial charge in [0.05, 0.1) is 12.2 Å². The maximum Gasteiger partial charge on any atom is 0.129 e. The first-order valence-corrected chi connectivity index (χ1v) is 7.31. The van der Waals surface area contributed by atoms with Crippen LogP contribution in [0.4, 0.5) is 0 Å². The number of likely N-dealkylation sites (tertiary alicyclic amines) is 1. The van der Waals surface area contributed by atoms with Gasteiger partial charge in [0.25, 0.3) is 0 Å². The molecule has 3 nitrogen and oxygen atoms in total. The first-order valence-electron chi connectivity index (χ1n) is 6.90. The topological polar surface area (TPSA) is 38.5 Å². The number of ether oxygens (including phenoxy) is 1. The van der Waals surface area contributed by atoms with Gasteiger partial charge in [0.1, 0.15) is 10.7 Å². The van der Waals surface area contributed by atoms with Crippen molar-refractivity contribution < 1.29 is 4.74 Å². The van der Waals surface area contributed by atoms with Crippen molar-refractivity contribution in [2.75, 3.05) is 20.2 Å². The number of hydrogen-bond donors (Lipinski definition) is 1. The summed E-state index contributed by atoms with van der Waals surface area (Å²) in [5.41, 5.74) is 6.52. The van der Waals surface area contributed by atoms with Crippen LogP contribution in [0.1, 0.15) is 31.2 Å². The number of thiocarbonyl (C=S) groups is 1. The van der Waals surface area contributed by atoms with Gasteiger partial charge in [0.2, 0.25) is 0 Å². The van der Waals surface area contributed by atoms with Crippen LogP contribution in [0, 0.1) is 0 Å². The summed E-state index contributed by atoms with van der Waals surface area (Å²) in [7, 11) is 2.20. The van der Waals surface area contributed by atoms with Crippen molar-refractivity contribution in [3.63, 3.8) is 0 Å². The molecule has 104 valence electrons. The molecule has 0 aromatic heterocycles. The molecule has 1 aromatic rings. The number of piperidine rings is 1. The molecule has 4 heteroatoms. The predicted octanol–water partition coefficient (Wildman–Crippen LogP) is 2.57. The summed E-state index contributed by atoms with van der Waals surface area (Å²) in [6, 6.07) is 8.36. The van der Waals surface area contributed by atoms with Crippen LogP contribution in [0.3, 0.4) is 0 Å². The molecular formula is C15H22N2OS. The number of rotatable bonds is 5. The second-order valence-corrected chi connectivity index (χ2v) is 5.57. The third-order valence-corrected chi connectivity index (χ3v) is 4.00. The molecule has 0 saturated carbocycles. The molecule has 1 aromatic carbocycles. The molecule has 0 radical (unpaired) electrons. The van der Waals surface area contributed by atoms with Crippen LogP contribution >= 0.6 is 12.2 Å². The Morgan fingerprint density at radius 2 is 2.21 bits per heavy atom. The van der Waals surface area contributed by atoms with Gasteiger partial charge < -0.3 is 15.4 Å². The number of hydrogen-bond acceptors (Lipinski definition) is 3. The van der Waals surface area contributed by atoms with Crippen LogP contribution in [-0.4, -0.2) is 36.1 Å². The molecule has 0 bridgehead atoms. The molecule has 1 unspecified atom stereocenters. The summed E-state index contributed by atoms with van der Waals surface area (Å²) in [6.45, 7) is 1.92. The number of nitrogens with zero attached hydrogens (tertiary/aromatic N) is 1. The summed E-state index contributed by atoms with van der Waals surface area (Å²) in [6.07, 6.45) is 4.98. The van der Waals surface area contributed by atoms with Gasteiger partial charge in [-0.05, 0) is 45.0 Å². The third-order valence-electron chi connectivity index (χ3n) is 3.78. The molecular weight excluding hydrogens is 256 g/mol. The van der Waals surface area contributed by atoms with Crippen molar-refractivity contribution in [2.45, 2.75) is 31.7 Å². The van der Waals surface area contributed by atoms with E-state index in [1.54, 1.807) is 0 Å². The van der Waals surface area contributed by atoms with E-state index in [-0.39, 0.29) is 0 Å². The van der Waals surface area contributed by atoms with E-state index < -0.39 is 0 Å². The third kappa shape index (κ3) is 3.91. The fourth-order valence-corrected chi connectivity index (χ4v) is 2.78. The average Bonchev–Trinajstić information content (AvgIpc) is 2.41. The molecule has 1 atom stereocenters. The zero-order chi connectivity index (χ0) is 13.7. The molecule has 0 aliphatic carbocycles. The molecule has 2 N–H and O–H groups in total. The minimum atomic E-state index is 0.394. The van der Waals surface area contributed by atoms with Crippen molar-refractivity contribution in [2.24, 2.45) is 5.73 Å². The largest absolute Gasteiger partial charge is 0.493 e. The molecule has 19 heavy (non-hydrogen) atoms. The van der Waals surface area contributed by atoms with Gasteiger partial charge >= 0.3 is 0 Å². The van der Waals surface area contributed by atoms with Gasteiger partial charge in [-0.1, -0.05) is 30.8 Å². The van der Waals surface area contributed by atoms with Gasteiger partial charge in [0, 0.05) is 6.04 Å². The van der Waals surface area contributed by atoms with Crippen LogP contribution in [0.2, 0.25) is 0 Å². The van der Waals surface area contributed by atoms with Crippen molar-refractivity contribution in [3.8, 4) is 5.75 Å². The summed E-state index contributed by atoms with van der Waals surface area (Å²) in [4.78, 5) is 2.83. The van der Waals surface area contributed by atoms with Crippen LogP contribution in [-0.2, 0) is 0 Å². The SMILES string of the molecule is CN1CCCCC1CCOc1ccccc1C(N)=S. The molecule has 1 aliphatic rings. The van der Waals surface area contributed by atoms with E-state index in [1.807, 2.05) is 24.3 Å². The molecule has 1 fully saturated rings. The van der Waals surface area contributed by atoms with Gasteiger partial charge in [-0.25, -0.2) is 0 Å². The Bertz CT molecular complexity index is 436. The first-order chi connectivity index (χ1) is 9.18. The maximum absolute atomic E-state index is 5.86. The Balaban J connectivity index is 1.87. The van der Waals surface area contributed by atoms with E-state index in [0.29, 0.717) is 17.6 Å². The standard InChI is InChI=1S/C15H22N2OS/c1-17-10-5-4-6-12(17)9-11-18-14-8-3-2-7-13(14)15(16)19/h2-3,7-8,12H,4-6,9-11H2,1H3,(H2,16,19). The molecule has 1 aliphatic heterocycles. The highest BCUT2D eigenvalue weighted by Gasteiger charge is 2.18. The highest BCUT2D eigenvalue weighted by molar-refractivity contribution is 7.80. The van der Waals surface area contributed by atoms with Crippen LogP contribution in [0.25, 0.3) is 0 Å². The van der Waals surface area contributed by atoms with Crippen LogP contribution in [0.5, 0.6) is 5.75 Å². The van der Waals surface area contributed by atoms with Crippen molar-refractivity contribution in [1.29, 1.82) is 0 Å². The minimum Gasteiger partial charge on any atom is -0.493 e. The molecule has 2 rings (SSSR count). The number of benzene rings is 1. The highest BCUT2D eigenvalue weighted by atomic mass is 32.1. The Hall–Kier alpha value is -1.13. The van der Waals surface area contributed by atoms with E-state index in [2.05, 4.69) is 11.9 Å². The van der Waals surface area contributed by atoms with Gasteiger partial charge in [-0.2, -0.15) is 0 Å². The fourth-order valence-electron chi connectivity index (χ4n) is 2.61. The van der Waals surface area contributed by atoms with Gasteiger partial charge in [0.15, 0.2) is 0 Å². The molecule has 0 spiro atoms. The lowest BCUT2D eigenvalue weighted by molar-refractivity contribution is 0.153. The van der Waals surface area contributed by atoms with E-state index in [9.17, 15) is 0 Å². The van der Waals surface area contributed by atoms with Crippen molar-refractivity contribution >= 4 is 17.2 Å². The molecule has 1 heterocycles. The lowest BCUT2D eigenvalue weighted by Gasteiger charge is -2.32. The summed E-state index contributed by atoms with van der Waals surface area (Å²) in [5.74, 6) is 0.800.